The number of rotatable bonds is 2. The topological polar surface area (TPSA) is 61.8 Å². The van der Waals surface area contributed by atoms with E-state index >= 15 is 0 Å². The van der Waals surface area contributed by atoms with E-state index in [1.807, 2.05) is 37.3 Å². The minimum absolute atomic E-state index is 0.00911. The highest BCUT2D eigenvalue weighted by Crippen LogP contribution is 2.34. The third kappa shape index (κ3) is 2.26. The van der Waals surface area contributed by atoms with Gasteiger partial charge in [-0.1, -0.05) is 23.7 Å². The highest BCUT2D eigenvalue weighted by Gasteiger charge is 2.14. The number of aromatic amines is 1. The van der Waals surface area contributed by atoms with Gasteiger partial charge in [-0.25, -0.2) is 4.98 Å². The van der Waals surface area contributed by atoms with E-state index in [2.05, 4.69) is 15.2 Å². The average Bonchev–Trinajstić information content (AvgIpc) is 2.81. The second-order valence-corrected chi connectivity index (χ2v) is 4.91. The van der Waals surface area contributed by atoms with E-state index in [1.165, 1.54) is 0 Å². The van der Waals surface area contributed by atoms with E-state index in [0.717, 1.165) is 28.1 Å². The van der Waals surface area contributed by atoms with Crippen LogP contribution in [0.4, 0.5) is 0 Å². The van der Waals surface area contributed by atoms with Gasteiger partial charge in [0, 0.05) is 28.4 Å². The summed E-state index contributed by atoms with van der Waals surface area (Å²) >= 11 is 5.91. The Bertz CT molecular complexity index is 750. The Labute approximate surface area is 121 Å². The Morgan fingerprint density at radius 3 is 2.55 bits per heavy atom. The number of halogens is 1. The summed E-state index contributed by atoms with van der Waals surface area (Å²) in [4.78, 5) is 3.80. The maximum Gasteiger partial charge on any atom is 0.211 e. The molecule has 0 aliphatic carbocycles. The molecule has 0 atom stereocenters. The molecule has 0 bridgehead atoms. The minimum Gasteiger partial charge on any atom is -0.493 e. The van der Waals surface area contributed by atoms with Crippen LogP contribution in [0.5, 0.6) is 5.88 Å². The number of benzene rings is 1. The van der Waals surface area contributed by atoms with Gasteiger partial charge in [0.05, 0.1) is 11.4 Å². The van der Waals surface area contributed by atoms with E-state index in [9.17, 15) is 5.11 Å². The third-order valence-electron chi connectivity index (χ3n) is 3.11. The highest BCUT2D eigenvalue weighted by molar-refractivity contribution is 6.30. The standard InChI is InChI=1S/C15H12ClN3O/c1-9-14(11-6-7-17-13(20)8-11)15(19-18-9)10-2-4-12(16)5-3-10/h2-8H,1H3,(H,17,20)(H,18,19). The number of hydrogen-bond donors (Lipinski definition) is 2. The van der Waals surface area contributed by atoms with Gasteiger partial charge in [0.25, 0.3) is 0 Å². The molecule has 3 aromatic rings. The lowest BCUT2D eigenvalue weighted by molar-refractivity contribution is 0.454. The first-order chi connectivity index (χ1) is 9.65. The predicted octanol–water partition coefficient (Wildman–Crippen LogP) is 3.81. The number of aryl methyl sites for hydroxylation is 1. The number of nitrogens with one attached hydrogen (secondary N) is 1. The summed E-state index contributed by atoms with van der Waals surface area (Å²) in [6.45, 7) is 1.92. The molecular formula is C15H12ClN3O. The van der Waals surface area contributed by atoms with Crippen LogP contribution in [0.2, 0.25) is 5.02 Å². The van der Waals surface area contributed by atoms with Gasteiger partial charge >= 0.3 is 0 Å². The lowest BCUT2D eigenvalue weighted by Crippen LogP contribution is -1.85. The molecule has 20 heavy (non-hydrogen) atoms. The molecule has 0 unspecified atom stereocenters. The molecular weight excluding hydrogens is 274 g/mol. The smallest absolute Gasteiger partial charge is 0.211 e. The van der Waals surface area contributed by atoms with Crippen molar-refractivity contribution in [1.82, 2.24) is 15.2 Å². The number of aromatic nitrogens is 3. The van der Waals surface area contributed by atoms with E-state index in [0.29, 0.717) is 5.02 Å². The van der Waals surface area contributed by atoms with Crippen LogP contribution >= 0.6 is 11.6 Å². The number of pyridine rings is 1. The second-order valence-electron chi connectivity index (χ2n) is 4.47. The van der Waals surface area contributed by atoms with Crippen LogP contribution in [0.3, 0.4) is 0 Å². The fourth-order valence-electron chi connectivity index (χ4n) is 2.19. The summed E-state index contributed by atoms with van der Waals surface area (Å²) in [5, 5.41) is 17.5. The van der Waals surface area contributed by atoms with Gasteiger partial charge in [-0.2, -0.15) is 5.10 Å². The molecule has 2 heterocycles. The molecule has 0 saturated carbocycles. The predicted molar refractivity (Wildman–Crippen MR) is 78.7 cm³/mol. The van der Waals surface area contributed by atoms with Crippen molar-refractivity contribution in [3.05, 3.63) is 53.3 Å². The third-order valence-corrected chi connectivity index (χ3v) is 3.37. The zero-order valence-electron chi connectivity index (χ0n) is 10.8. The molecule has 1 aromatic carbocycles. The molecule has 3 rings (SSSR count). The van der Waals surface area contributed by atoms with Crippen molar-refractivity contribution >= 4 is 11.6 Å². The largest absolute Gasteiger partial charge is 0.493 e. The Kier molecular flexibility index (Phi) is 3.16. The summed E-state index contributed by atoms with van der Waals surface area (Å²) < 4.78 is 0. The molecule has 0 aliphatic heterocycles. The first-order valence-corrected chi connectivity index (χ1v) is 6.49. The van der Waals surface area contributed by atoms with Crippen LogP contribution in [0.1, 0.15) is 5.69 Å². The molecule has 2 N–H and O–H groups in total. The highest BCUT2D eigenvalue weighted by atomic mass is 35.5. The van der Waals surface area contributed by atoms with Gasteiger partial charge in [-0.3, -0.25) is 5.10 Å². The summed E-state index contributed by atoms with van der Waals surface area (Å²) in [6.07, 6.45) is 1.57. The number of aromatic hydroxyl groups is 1. The molecule has 0 aliphatic rings. The van der Waals surface area contributed by atoms with E-state index in [1.54, 1.807) is 12.3 Å². The minimum atomic E-state index is -0.00911. The Morgan fingerprint density at radius 1 is 1.10 bits per heavy atom. The van der Waals surface area contributed by atoms with Crippen molar-refractivity contribution in [2.45, 2.75) is 6.92 Å². The molecule has 0 fully saturated rings. The van der Waals surface area contributed by atoms with E-state index in [-0.39, 0.29) is 5.88 Å². The van der Waals surface area contributed by atoms with Crippen molar-refractivity contribution in [3.63, 3.8) is 0 Å². The van der Waals surface area contributed by atoms with Crippen LogP contribution in [-0.2, 0) is 0 Å². The van der Waals surface area contributed by atoms with Crippen molar-refractivity contribution in [1.29, 1.82) is 0 Å². The number of H-pyrrole nitrogens is 1. The molecule has 4 nitrogen and oxygen atoms in total. The van der Waals surface area contributed by atoms with E-state index < -0.39 is 0 Å². The summed E-state index contributed by atoms with van der Waals surface area (Å²) in [6, 6.07) is 11.0. The fraction of sp³-hybridized carbons (Fsp3) is 0.0667. The van der Waals surface area contributed by atoms with Gasteiger partial charge in [-0.15, -0.1) is 0 Å². The second kappa shape index (κ2) is 4.98. The van der Waals surface area contributed by atoms with Crippen molar-refractivity contribution in [3.8, 4) is 28.3 Å². The number of nitrogens with zero attached hydrogens (tertiary/aromatic N) is 2. The molecule has 2 aromatic heterocycles. The fourth-order valence-corrected chi connectivity index (χ4v) is 2.31. The molecule has 0 spiro atoms. The summed E-state index contributed by atoms with van der Waals surface area (Å²) in [5.41, 5.74) is 4.56. The van der Waals surface area contributed by atoms with Crippen LogP contribution in [-0.4, -0.2) is 20.3 Å². The first-order valence-electron chi connectivity index (χ1n) is 6.11. The zero-order chi connectivity index (χ0) is 14.1. The molecule has 0 saturated heterocycles. The SMILES string of the molecule is Cc1n[nH]c(-c2ccc(Cl)cc2)c1-c1ccnc(O)c1. The molecule has 100 valence electrons. The molecule has 5 heteroatoms. The van der Waals surface area contributed by atoms with Crippen molar-refractivity contribution in [2.24, 2.45) is 0 Å². The van der Waals surface area contributed by atoms with Crippen LogP contribution in [0, 0.1) is 6.92 Å². The zero-order valence-corrected chi connectivity index (χ0v) is 11.5. The van der Waals surface area contributed by atoms with E-state index in [4.69, 9.17) is 11.6 Å². The van der Waals surface area contributed by atoms with Gasteiger partial charge in [0.1, 0.15) is 0 Å². The van der Waals surface area contributed by atoms with Crippen LogP contribution in [0.15, 0.2) is 42.6 Å². The molecule has 0 radical (unpaired) electrons. The summed E-state index contributed by atoms with van der Waals surface area (Å²) in [7, 11) is 0. The maximum atomic E-state index is 9.54. The summed E-state index contributed by atoms with van der Waals surface area (Å²) in [5.74, 6) is -0.00911. The monoisotopic (exact) mass is 285 g/mol. The maximum absolute atomic E-state index is 9.54. The van der Waals surface area contributed by atoms with Crippen LogP contribution in [0.25, 0.3) is 22.4 Å². The normalized spacial score (nSPS) is 10.7. The van der Waals surface area contributed by atoms with Gasteiger partial charge in [0.15, 0.2) is 0 Å². The first kappa shape index (κ1) is 12.7. The van der Waals surface area contributed by atoms with Gasteiger partial charge < -0.3 is 5.11 Å². The van der Waals surface area contributed by atoms with Crippen LogP contribution < -0.4 is 0 Å². The number of hydrogen-bond acceptors (Lipinski definition) is 3. The van der Waals surface area contributed by atoms with Gasteiger partial charge in [-0.05, 0) is 30.7 Å². The molecule has 0 amide bonds. The Morgan fingerprint density at radius 2 is 1.85 bits per heavy atom. The quantitative estimate of drug-likeness (QED) is 0.753. The van der Waals surface area contributed by atoms with Gasteiger partial charge in [0.2, 0.25) is 5.88 Å². The average molecular weight is 286 g/mol. The van der Waals surface area contributed by atoms with Crippen molar-refractivity contribution in [2.75, 3.05) is 0 Å². The Balaban J connectivity index is 2.17. The Hall–Kier alpha value is -2.33. The lowest BCUT2D eigenvalue weighted by Gasteiger charge is -2.05. The van der Waals surface area contributed by atoms with Crippen molar-refractivity contribution < 1.29 is 5.11 Å². The lowest BCUT2D eigenvalue weighted by atomic mass is 10.0.